The summed E-state index contributed by atoms with van der Waals surface area (Å²) in [6.07, 6.45) is 3.86. The molecule has 19 heavy (non-hydrogen) atoms. The molecule has 0 aromatic heterocycles. The van der Waals surface area contributed by atoms with Gasteiger partial charge in [-0.2, -0.15) is 5.26 Å². The van der Waals surface area contributed by atoms with Gasteiger partial charge in [-0.25, -0.2) is 0 Å². The topological polar surface area (TPSA) is 48.3 Å². The van der Waals surface area contributed by atoms with E-state index in [0.29, 0.717) is 11.6 Å². The minimum atomic E-state index is 0.444. The monoisotopic (exact) mass is 257 g/mol. The third kappa shape index (κ3) is 2.66. The quantitative estimate of drug-likeness (QED) is 0.898. The average Bonchev–Trinajstić information content (AvgIpc) is 3.19. The van der Waals surface area contributed by atoms with Gasteiger partial charge in [0.05, 0.1) is 18.4 Å². The van der Waals surface area contributed by atoms with Gasteiger partial charge in [0.15, 0.2) is 0 Å². The van der Waals surface area contributed by atoms with Gasteiger partial charge < -0.3 is 10.1 Å². The van der Waals surface area contributed by atoms with E-state index in [1.54, 1.807) is 7.11 Å². The zero-order valence-electron chi connectivity index (χ0n) is 11.2. The van der Waals surface area contributed by atoms with Crippen molar-refractivity contribution >= 4 is 5.69 Å². The first-order valence-electron chi connectivity index (χ1n) is 6.89. The Bertz CT molecular complexity index is 505. The van der Waals surface area contributed by atoms with Gasteiger partial charge >= 0.3 is 0 Å². The smallest absolute Gasteiger partial charge is 0.121 e. The van der Waals surface area contributed by atoms with Gasteiger partial charge in [0.1, 0.15) is 11.8 Å². The molecule has 0 amide bonds. The predicted octanol–water partition coefficient (Wildman–Crippen LogP) is 2.22. The van der Waals surface area contributed by atoms with E-state index < -0.39 is 0 Å². The van der Waals surface area contributed by atoms with Crippen molar-refractivity contribution in [2.75, 3.05) is 25.5 Å². The van der Waals surface area contributed by atoms with Crippen LogP contribution in [0, 0.1) is 11.3 Å². The molecule has 1 atom stereocenters. The van der Waals surface area contributed by atoms with Crippen molar-refractivity contribution in [3.8, 4) is 11.8 Å². The number of likely N-dealkylation sites (tertiary alicyclic amines) is 1. The standard InChI is InChI=1S/C15H19N3O/c1-19-14-5-2-11(9-16)15(8-14)17-12-6-7-18(10-12)13-3-4-13/h2,5,8,12-13,17H,3-4,6-7,10H2,1H3. The Hall–Kier alpha value is -1.73. The minimum Gasteiger partial charge on any atom is -0.497 e. The summed E-state index contributed by atoms with van der Waals surface area (Å²) in [6, 6.07) is 9.06. The van der Waals surface area contributed by atoms with E-state index in [4.69, 9.17) is 10.00 Å². The second kappa shape index (κ2) is 5.10. The zero-order chi connectivity index (χ0) is 13.2. The van der Waals surface area contributed by atoms with Crippen LogP contribution in [0.5, 0.6) is 5.75 Å². The molecule has 2 aliphatic rings. The summed E-state index contributed by atoms with van der Waals surface area (Å²) in [6.45, 7) is 2.26. The number of benzene rings is 1. The fourth-order valence-corrected chi connectivity index (χ4v) is 2.76. The maximum atomic E-state index is 9.16. The lowest BCUT2D eigenvalue weighted by Crippen LogP contribution is -2.27. The average molecular weight is 257 g/mol. The van der Waals surface area contributed by atoms with Gasteiger partial charge in [-0.1, -0.05) is 0 Å². The normalized spacial score (nSPS) is 23.1. The second-order valence-electron chi connectivity index (χ2n) is 5.38. The van der Waals surface area contributed by atoms with E-state index in [-0.39, 0.29) is 0 Å². The molecule has 1 saturated carbocycles. The van der Waals surface area contributed by atoms with Gasteiger partial charge in [0, 0.05) is 31.2 Å². The van der Waals surface area contributed by atoms with Crippen LogP contribution < -0.4 is 10.1 Å². The Kier molecular flexibility index (Phi) is 3.31. The molecule has 1 unspecified atom stereocenters. The van der Waals surface area contributed by atoms with Crippen LogP contribution >= 0.6 is 0 Å². The van der Waals surface area contributed by atoms with Crippen molar-refractivity contribution in [2.24, 2.45) is 0 Å². The molecule has 0 spiro atoms. The molecule has 100 valence electrons. The summed E-state index contributed by atoms with van der Waals surface area (Å²) in [5.41, 5.74) is 1.58. The van der Waals surface area contributed by atoms with E-state index >= 15 is 0 Å². The number of methoxy groups -OCH3 is 1. The number of rotatable bonds is 4. The molecule has 1 aromatic rings. The Morgan fingerprint density at radius 1 is 1.37 bits per heavy atom. The van der Waals surface area contributed by atoms with Gasteiger partial charge in [0.25, 0.3) is 0 Å². The van der Waals surface area contributed by atoms with E-state index in [9.17, 15) is 0 Å². The van der Waals surface area contributed by atoms with E-state index in [2.05, 4.69) is 16.3 Å². The number of hydrogen-bond acceptors (Lipinski definition) is 4. The SMILES string of the molecule is COc1ccc(C#N)c(NC2CCN(C3CC3)C2)c1. The van der Waals surface area contributed by atoms with Crippen LogP contribution in [-0.4, -0.2) is 37.2 Å². The number of anilines is 1. The first-order valence-corrected chi connectivity index (χ1v) is 6.89. The molecule has 3 rings (SSSR count). The van der Waals surface area contributed by atoms with Gasteiger partial charge in [-0.05, 0) is 31.4 Å². The lowest BCUT2D eigenvalue weighted by atomic mass is 10.1. The van der Waals surface area contributed by atoms with Crippen LogP contribution in [0.15, 0.2) is 18.2 Å². The highest BCUT2D eigenvalue weighted by Gasteiger charge is 2.34. The van der Waals surface area contributed by atoms with Crippen molar-refractivity contribution in [3.05, 3.63) is 23.8 Å². The van der Waals surface area contributed by atoms with E-state index in [0.717, 1.165) is 30.4 Å². The molecule has 1 N–H and O–H groups in total. The molecule has 0 radical (unpaired) electrons. The summed E-state index contributed by atoms with van der Waals surface area (Å²) < 4.78 is 5.23. The van der Waals surface area contributed by atoms with Crippen LogP contribution in [0.4, 0.5) is 5.69 Å². The summed E-state index contributed by atoms with van der Waals surface area (Å²) in [7, 11) is 1.65. The van der Waals surface area contributed by atoms with Gasteiger partial charge in [-0.15, -0.1) is 0 Å². The molecule has 1 aliphatic heterocycles. The van der Waals surface area contributed by atoms with Crippen LogP contribution in [0.3, 0.4) is 0 Å². The third-order valence-electron chi connectivity index (χ3n) is 3.99. The zero-order valence-corrected chi connectivity index (χ0v) is 11.2. The largest absolute Gasteiger partial charge is 0.497 e. The van der Waals surface area contributed by atoms with E-state index in [1.807, 2.05) is 18.2 Å². The molecule has 1 aromatic carbocycles. The van der Waals surface area contributed by atoms with Gasteiger partial charge in [-0.3, -0.25) is 4.90 Å². The number of nitrogens with one attached hydrogen (secondary N) is 1. The highest BCUT2D eigenvalue weighted by atomic mass is 16.5. The van der Waals surface area contributed by atoms with Gasteiger partial charge in [0.2, 0.25) is 0 Å². The molecule has 1 aliphatic carbocycles. The van der Waals surface area contributed by atoms with Crippen LogP contribution in [0.1, 0.15) is 24.8 Å². The molecule has 4 nitrogen and oxygen atoms in total. The molecule has 4 heteroatoms. The molecular weight excluding hydrogens is 238 g/mol. The summed E-state index contributed by atoms with van der Waals surface area (Å²) in [5, 5.41) is 12.7. The minimum absolute atomic E-state index is 0.444. The Morgan fingerprint density at radius 3 is 2.89 bits per heavy atom. The van der Waals surface area contributed by atoms with Crippen molar-refractivity contribution in [2.45, 2.75) is 31.3 Å². The molecular formula is C15H19N3O. The molecule has 1 saturated heterocycles. The molecule has 2 fully saturated rings. The molecule has 1 heterocycles. The predicted molar refractivity (Wildman–Crippen MR) is 74.3 cm³/mol. The number of nitrogens with zero attached hydrogens (tertiary/aromatic N) is 2. The maximum Gasteiger partial charge on any atom is 0.121 e. The fourth-order valence-electron chi connectivity index (χ4n) is 2.76. The fraction of sp³-hybridized carbons (Fsp3) is 0.533. The molecule has 0 bridgehead atoms. The van der Waals surface area contributed by atoms with Crippen molar-refractivity contribution in [3.63, 3.8) is 0 Å². The highest BCUT2D eigenvalue weighted by Crippen LogP contribution is 2.31. The van der Waals surface area contributed by atoms with E-state index in [1.165, 1.54) is 19.4 Å². The maximum absolute atomic E-state index is 9.16. The highest BCUT2D eigenvalue weighted by molar-refractivity contribution is 5.61. The number of ether oxygens (including phenoxy) is 1. The lowest BCUT2D eigenvalue weighted by Gasteiger charge is -2.17. The van der Waals surface area contributed by atoms with Crippen LogP contribution in [0.25, 0.3) is 0 Å². The van der Waals surface area contributed by atoms with Crippen molar-refractivity contribution in [1.29, 1.82) is 5.26 Å². The Labute approximate surface area is 114 Å². The summed E-state index contributed by atoms with van der Waals surface area (Å²) >= 11 is 0. The summed E-state index contributed by atoms with van der Waals surface area (Å²) in [5.74, 6) is 0.790. The lowest BCUT2D eigenvalue weighted by molar-refractivity contribution is 0.326. The first kappa shape index (κ1) is 12.3. The first-order chi connectivity index (χ1) is 9.30. The van der Waals surface area contributed by atoms with Crippen molar-refractivity contribution < 1.29 is 4.74 Å². The van der Waals surface area contributed by atoms with Crippen LogP contribution in [-0.2, 0) is 0 Å². The number of nitriles is 1. The third-order valence-corrected chi connectivity index (χ3v) is 3.99. The Balaban J connectivity index is 1.70. The Morgan fingerprint density at radius 2 is 2.21 bits per heavy atom. The second-order valence-corrected chi connectivity index (χ2v) is 5.38. The van der Waals surface area contributed by atoms with Crippen LogP contribution in [0.2, 0.25) is 0 Å². The number of hydrogen-bond donors (Lipinski definition) is 1. The summed E-state index contributed by atoms with van der Waals surface area (Å²) in [4.78, 5) is 2.56. The van der Waals surface area contributed by atoms with Crippen molar-refractivity contribution in [1.82, 2.24) is 4.90 Å².